The van der Waals surface area contributed by atoms with E-state index in [2.05, 4.69) is 95.6 Å². The zero-order valence-electron chi connectivity index (χ0n) is 21.4. The molecule has 0 saturated heterocycles. The van der Waals surface area contributed by atoms with Crippen LogP contribution in [0.5, 0.6) is 0 Å². The molecule has 30 heavy (non-hydrogen) atoms. The topological polar surface area (TPSA) is 12.4 Å². The fourth-order valence-electron chi connectivity index (χ4n) is 2.50. The Labute approximate surface area is 188 Å². The summed E-state index contributed by atoms with van der Waals surface area (Å²) in [6.07, 6.45) is 4.03. The minimum Gasteiger partial charge on any atom is -0.287 e. The van der Waals surface area contributed by atoms with Gasteiger partial charge in [-0.05, 0) is 50.2 Å². The molecule has 0 atom stereocenters. The molecular weight excluding hydrogens is 362 g/mol. The Morgan fingerprint density at radius 3 is 1.60 bits per heavy atom. The lowest BCUT2D eigenvalue weighted by molar-refractivity contribution is 0.407. The van der Waals surface area contributed by atoms with Gasteiger partial charge in [-0.2, -0.15) is 0 Å². The zero-order chi connectivity index (χ0) is 23.6. The van der Waals surface area contributed by atoms with Gasteiger partial charge >= 0.3 is 0 Å². The first-order valence-corrected chi connectivity index (χ1v) is 11.4. The molecule has 2 aromatic carbocycles. The van der Waals surface area contributed by atoms with Crippen LogP contribution in [0.2, 0.25) is 0 Å². The minimum atomic E-state index is 0.0237. The van der Waals surface area contributed by atoms with Gasteiger partial charge in [-0.25, -0.2) is 0 Å². The summed E-state index contributed by atoms with van der Waals surface area (Å²) >= 11 is 0. The Morgan fingerprint density at radius 2 is 1.20 bits per heavy atom. The van der Waals surface area contributed by atoms with Crippen LogP contribution >= 0.6 is 0 Å². The Kier molecular flexibility index (Phi) is 16.7. The molecule has 1 nitrogen and oxygen atoms in total. The average molecular weight is 410 g/mol. The molecule has 0 spiro atoms. The zero-order valence-corrected chi connectivity index (χ0v) is 21.4. The third-order valence-corrected chi connectivity index (χ3v) is 3.48. The third kappa shape index (κ3) is 19.2. The number of aliphatic imine (C=N–C) groups is 1. The highest BCUT2D eigenvalue weighted by Gasteiger charge is 2.11. The molecule has 0 saturated carbocycles. The number of hydrogen-bond donors (Lipinski definition) is 0. The fraction of sp³-hybridized carbons (Fsp3) is 0.483. The number of allylic oxidation sites excluding steroid dienone is 1. The molecule has 0 aliphatic heterocycles. The van der Waals surface area contributed by atoms with Crippen LogP contribution in [0, 0.1) is 5.41 Å². The van der Waals surface area contributed by atoms with Gasteiger partial charge < -0.3 is 0 Å². The Bertz CT molecular complexity index is 668. The van der Waals surface area contributed by atoms with Crippen LogP contribution in [0.1, 0.15) is 86.8 Å². The van der Waals surface area contributed by atoms with E-state index in [1.54, 1.807) is 0 Å². The molecule has 0 aromatic heterocycles. The van der Waals surface area contributed by atoms with Crippen molar-refractivity contribution in [2.24, 2.45) is 10.4 Å². The van der Waals surface area contributed by atoms with Crippen molar-refractivity contribution in [2.45, 2.75) is 87.6 Å². The molecule has 0 fully saturated rings. The van der Waals surface area contributed by atoms with Crippen LogP contribution in [0.3, 0.4) is 0 Å². The van der Waals surface area contributed by atoms with E-state index < -0.39 is 0 Å². The number of nitrogens with zero attached hydrogens (tertiary/aromatic N) is 1. The molecule has 0 unspecified atom stereocenters. The standard InChI is InChI=1S/C14H20.C11H15N.2C2H6/c1-12(11-14(2,3)4)10-13-8-6-5-7-9-13;1-11(2,3)12-9-10-7-5-4-6-8-10;2*1-2/h5-9H,1,10-11H2,2-4H3;4-9H,1-3H3;2*1-2H3. The van der Waals surface area contributed by atoms with E-state index in [0.717, 1.165) is 18.4 Å². The molecule has 0 radical (unpaired) electrons. The van der Waals surface area contributed by atoms with Crippen molar-refractivity contribution in [2.75, 3.05) is 0 Å². The van der Waals surface area contributed by atoms with Crippen LogP contribution < -0.4 is 0 Å². The van der Waals surface area contributed by atoms with Gasteiger partial charge in [0, 0.05) is 6.21 Å². The predicted octanol–water partition coefficient (Wildman–Crippen LogP) is 9.18. The van der Waals surface area contributed by atoms with Gasteiger partial charge in [0.25, 0.3) is 0 Å². The Hall–Kier alpha value is -2.15. The first kappa shape index (κ1) is 30.0. The summed E-state index contributed by atoms with van der Waals surface area (Å²) in [6, 6.07) is 20.7. The van der Waals surface area contributed by atoms with E-state index in [0.29, 0.717) is 5.41 Å². The van der Waals surface area contributed by atoms with E-state index in [4.69, 9.17) is 0 Å². The summed E-state index contributed by atoms with van der Waals surface area (Å²) in [5.41, 5.74) is 4.22. The molecule has 0 bridgehead atoms. The first-order valence-electron chi connectivity index (χ1n) is 11.4. The van der Waals surface area contributed by atoms with Crippen molar-refractivity contribution < 1.29 is 0 Å². The summed E-state index contributed by atoms with van der Waals surface area (Å²) in [7, 11) is 0. The monoisotopic (exact) mass is 409 g/mol. The summed E-state index contributed by atoms with van der Waals surface area (Å²) in [5.74, 6) is 0. The highest BCUT2D eigenvalue weighted by molar-refractivity contribution is 5.79. The van der Waals surface area contributed by atoms with Crippen LogP contribution in [0.4, 0.5) is 0 Å². The number of benzene rings is 2. The van der Waals surface area contributed by atoms with Crippen molar-refractivity contribution in [1.82, 2.24) is 0 Å². The molecule has 1 heteroatoms. The summed E-state index contributed by atoms with van der Waals surface area (Å²) < 4.78 is 0. The van der Waals surface area contributed by atoms with Crippen LogP contribution in [-0.4, -0.2) is 11.8 Å². The van der Waals surface area contributed by atoms with Gasteiger partial charge in [0.2, 0.25) is 0 Å². The second-order valence-electron chi connectivity index (χ2n) is 8.99. The van der Waals surface area contributed by atoms with Gasteiger partial charge in [-0.3, -0.25) is 4.99 Å². The van der Waals surface area contributed by atoms with Crippen molar-refractivity contribution >= 4 is 6.21 Å². The second-order valence-corrected chi connectivity index (χ2v) is 8.99. The molecule has 0 heterocycles. The molecule has 0 aliphatic rings. The molecule has 0 N–H and O–H groups in total. The lowest BCUT2D eigenvalue weighted by atomic mass is 9.86. The van der Waals surface area contributed by atoms with Gasteiger partial charge in [0.05, 0.1) is 5.54 Å². The quantitative estimate of drug-likeness (QED) is 0.352. The Morgan fingerprint density at radius 1 is 0.767 bits per heavy atom. The first-order chi connectivity index (χ1) is 14.1. The lowest BCUT2D eigenvalue weighted by Gasteiger charge is -2.19. The van der Waals surface area contributed by atoms with Crippen LogP contribution in [0.25, 0.3) is 0 Å². The third-order valence-electron chi connectivity index (χ3n) is 3.48. The molecule has 0 amide bonds. The molecule has 168 valence electrons. The van der Waals surface area contributed by atoms with Crippen LogP contribution in [-0.2, 0) is 6.42 Å². The number of hydrogen-bond acceptors (Lipinski definition) is 1. The van der Waals surface area contributed by atoms with Crippen LogP contribution in [0.15, 0.2) is 77.8 Å². The molecule has 2 aromatic rings. The molecular formula is C29H47N. The van der Waals surface area contributed by atoms with E-state index >= 15 is 0 Å². The molecule has 0 aliphatic carbocycles. The van der Waals surface area contributed by atoms with Gasteiger partial charge in [-0.1, -0.05) is 121 Å². The maximum atomic E-state index is 4.40. The normalized spacial score (nSPS) is 10.6. The smallest absolute Gasteiger partial charge is 0.0524 e. The van der Waals surface area contributed by atoms with Crippen molar-refractivity contribution in [1.29, 1.82) is 0 Å². The largest absolute Gasteiger partial charge is 0.287 e. The summed E-state index contributed by atoms with van der Waals surface area (Å²) in [6.45, 7) is 25.2. The van der Waals surface area contributed by atoms with Crippen molar-refractivity contribution in [3.05, 3.63) is 83.9 Å². The highest BCUT2D eigenvalue weighted by atomic mass is 14.8. The van der Waals surface area contributed by atoms with Crippen molar-refractivity contribution in [3.63, 3.8) is 0 Å². The van der Waals surface area contributed by atoms with E-state index in [-0.39, 0.29) is 5.54 Å². The average Bonchev–Trinajstić information content (AvgIpc) is 2.70. The van der Waals surface area contributed by atoms with E-state index in [1.807, 2.05) is 52.1 Å². The SMILES string of the molecule is C=C(Cc1ccccc1)CC(C)(C)C.CC.CC.CC(C)(C)N=Cc1ccccc1. The van der Waals surface area contributed by atoms with Gasteiger partial charge in [-0.15, -0.1) is 0 Å². The second kappa shape index (κ2) is 16.6. The van der Waals surface area contributed by atoms with Gasteiger partial charge in [0.1, 0.15) is 0 Å². The van der Waals surface area contributed by atoms with E-state index in [9.17, 15) is 0 Å². The Balaban J connectivity index is 0. The molecule has 2 rings (SSSR count). The maximum absolute atomic E-state index is 4.40. The van der Waals surface area contributed by atoms with Crippen molar-refractivity contribution in [3.8, 4) is 0 Å². The number of rotatable bonds is 4. The highest BCUT2D eigenvalue weighted by Crippen LogP contribution is 2.24. The maximum Gasteiger partial charge on any atom is 0.0524 e. The van der Waals surface area contributed by atoms with Gasteiger partial charge in [0.15, 0.2) is 0 Å². The minimum absolute atomic E-state index is 0.0237. The predicted molar refractivity (Wildman–Crippen MR) is 140 cm³/mol. The summed E-state index contributed by atoms with van der Waals surface area (Å²) in [4.78, 5) is 4.40. The fourth-order valence-corrected chi connectivity index (χ4v) is 2.50. The summed E-state index contributed by atoms with van der Waals surface area (Å²) in [5, 5.41) is 0. The lowest BCUT2D eigenvalue weighted by Crippen LogP contribution is -2.09. The van der Waals surface area contributed by atoms with E-state index in [1.165, 1.54) is 11.1 Å².